The second kappa shape index (κ2) is 13.0. The van der Waals surface area contributed by atoms with E-state index < -0.39 is 0 Å². The van der Waals surface area contributed by atoms with Gasteiger partial charge in [-0.2, -0.15) is 0 Å². The second-order valence-corrected chi connectivity index (χ2v) is 15.9. The number of nitrogens with zero attached hydrogens (tertiary/aromatic N) is 2. The van der Waals surface area contributed by atoms with Crippen molar-refractivity contribution in [1.82, 2.24) is 9.13 Å². The van der Waals surface area contributed by atoms with Gasteiger partial charge in [0, 0.05) is 58.7 Å². The normalized spacial score (nSPS) is 11.9. The molecular formula is C48H23B7N2S. The van der Waals surface area contributed by atoms with E-state index in [2.05, 4.69) is 114 Å². The predicted octanol–water partition coefficient (Wildman–Crippen LogP) is 5.14. The Morgan fingerprint density at radius 3 is 1.74 bits per heavy atom. The molecule has 0 spiro atoms. The SMILES string of the molecule is [B]c1c([B])c([B])c2c(c1[B])c1c([B])c(-c3ccc4c(c3)c3ccc(-c5ccccc5)cc3n4-c3ccccc3)c([B])c([B])c1n2-c1ccc2c(c1)sc1ccccc12. The van der Waals surface area contributed by atoms with Crippen LogP contribution in [0.2, 0.25) is 0 Å². The third-order valence-electron chi connectivity index (χ3n) is 11.7. The highest BCUT2D eigenvalue weighted by Crippen LogP contribution is 2.39. The molecule has 0 saturated carbocycles. The molecule has 0 fully saturated rings. The van der Waals surface area contributed by atoms with Crippen LogP contribution in [-0.4, -0.2) is 64.1 Å². The molecule has 11 aromatic rings. The third-order valence-corrected chi connectivity index (χ3v) is 12.8. The van der Waals surface area contributed by atoms with Crippen molar-refractivity contribution in [3.8, 4) is 33.6 Å². The maximum atomic E-state index is 7.34. The molecule has 8 aromatic carbocycles. The lowest BCUT2D eigenvalue weighted by atomic mass is 9.64. The van der Waals surface area contributed by atoms with Gasteiger partial charge < -0.3 is 9.13 Å². The van der Waals surface area contributed by atoms with E-state index in [1.54, 1.807) is 11.3 Å². The van der Waals surface area contributed by atoms with Crippen molar-refractivity contribution in [3.63, 3.8) is 0 Å². The highest BCUT2D eigenvalue weighted by molar-refractivity contribution is 7.25. The average molecular weight is 735 g/mol. The minimum Gasteiger partial charge on any atom is -0.310 e. The standard InChI is InChI=1S/C48H23B7N2S/c49-40-37(26-16-20-33-32(21-26)29-18-15-25(24-9-3-1-4-10-24)22-34(29)56(33)27-11-5-2-6-12-27)41(50)45(54)47-38(40)39-42(51)43(52)44(53)46(55)48(39)57(47)28-17-19-31-30-13-7-8-14-35(30)58-36(31)23-28/h1-23H. The van der Waals surface area contributed by atoms with Gasteiger partial charge in [0.25, 0.3) is 0 Å². The second-order valence-electron chi connectivity index (χ2n) is 14.8. The molecule has 10 heteroatoms. The highest BCUT2D eigenvalue weighted by atomic mass is 32.1. The number of thiophene rings is 1. The monoisotopic (exact) mass is 736 g/mol. The number of hydrogen-bond acceptors (Lipinski definition) is 1. The van der Waals surface area contributed by atoms with Gasteiger partial charge in [-0.15, -0.1) is 22.3 Å². The van der Waals surface area contributed by atoms with Crippen molar-refractivity contribution >= 4 is 168 Å². The lowest BCUT2D eigenvalue weighted by Crippen LogP contribution is -2.48. The minimum atomic E-state index is 0.186. The third kappa shape index (κ3) is 4.94. The number of aromatic nitrogens is 2. The van der Waals surface area contributed by atoms with E-state index in [1.165, 1.54) is 10.1 Å². The fourth-order valence-corrected chi connectivity index (χ4v) is 10.1. The van der Waals surface area contributed by atoms with E-state index in [4.69, 9.17) is 54.9 Å². The number of benzene rings is 8. The van der Waals surface area contributed by atoms with Crippen LogP contribution in [0.3, 0.4) is 0 Å². The van der Waals surface area contributed by atoms with Gasteiger partial charge in [0.1, 0.15) is 54.9 Å². The molecule has 0 amide bonds. The first-order valence-electron chi connectivity index (χ1n) is 18.9. The zero-order chi connectivity index (χ0) is 39.6. The van der Waals surface area contributed by atoms with Crippen molar-refractivity contribution in [1.29, 1.82) is 0 Å². The van der Waals surface area contributed by atoms with Gasteiger partial charge in [-0.25, -0.2) is 0 Å². The summed E-state index contributed by atoms with van der Waals surface area (Å²) in [5.74, 6) is 0. The van der Waals surface area contributed by atoms with Gasteiger partial charge in [0.2, 0.25) is 0 Å². The molecule has 2 nitrogen and oxygen atoms in total. The molecule has 3 aromatic heterocycles. The van der Waals surface area contributed by atoms with Crippen LogP contribution in [0.1, 0.15) is 0 Å². The van der Waals surface area contributed by atoms with Gasteiger partial charge in [-0.3, -0.25) is 0 Å². The van der Waals surface area contributed by atoms with Crippen LogP contribution in [0, 0.1) is 0 Å². The molecule has 0 aliphatic heterocycles. The van der Waals surface area contributed by atoms with Crippen LogP contribution in [-0.2, 0) is 0 Å². The summed E-state index contributed by atoms with van der Waals surface area (Å²) in [6.07, 6.45) is 0. The van der Waals surface area contributed by atoms with Gasteiger partial charge >= 0.3 is 0 Å². The Bertz CT molecular complexity index is 3530. The van der Waals surface area contributed by atoms with E-state index in [9.17, 15) is 0 Å². The van der Waals surface area contributed by atoms with Crippen molar-refractivity contribution in [2.75, 3.05) is 0 Å². The molecule has 0 unspecified atom stereocenters. The zero-order valence-corrected chi connectivity index (χ0v) is 31.9. The van der Waals surface area contributed by atoms with E-state index in [1.807, 2.05) is 34.9 Å². The molecule has 0 aliphatic carbocycles. The molecule has 0 bridgehead atoms. The first-order valence-corrected chi connectivity index (χ1v) is 19.7. The molecular weight excluding hydrogens is 712 g/mol. The molecule has 0 N–H and O–H groups in total. The number of hydrogen-bond donors (Lipinski definition) is 0. The highest BCUT2D eigenvalue weighted by Gasteiger charge is 2.25. The first kappa shape index (κ1) is 35.2. The van der Waals surface area contributed by atoms with E-state index >= 15 is 0 Å². The first-order chi connectivity index (χ1) is 28.2. The van der Waals surface area contributed by atoms with Crippen LogP contribution in [0.15, 0.2) is 140 Å². The Morgan fingerprint density at radius 2 is 0.966 bits per heavy atom. The van der Waals surface area contributed by atoms with Crippen molar-refractivity contribution in [2.45, 2.75) is 0 Å². The summed E-state index contributed by atoms with van der Waals surface area (Å²) in [5.41, 5.74) is 10.8. The summed E-state index contributed by atoms with van der Waals surface area (Å²) in [5, 5.41) is 5.62. The average Bonchev–Trinajstić information content (AvgIpc) is 3.92. The Hall–Kier alpha value is -5.97. The predicted molar refractivity (Wildman–Crippen MR) is 257 cm³/mol. The van der Waals surface area contributed by atoms with Gasteiger partial charge in [-0.1, -0.05) is 118 Å². The van der Waals surface area contributed by atoms with Crippen molar-refractivity contribution < 1.29 is 0 Å². The summed E-state index contributed by atoms with van der Waals surface area (Å²) < 4.78 is 6.56. The molecule has 58 heavy (non-hydrogen) atoms. The van der Waals surface area contributed by atoms with Crippen LogP contribution >= 0.6 is 11.3 Å². The van der Waals surface area contributed by atoms with Gasteiger partial charge in [-0.05, 0) is 76.2 Å². The Balaban J connectivity index is 1.20. The Kier molecular flexibility index (Phi) is 7.91. The quantitative estimate of drug-likeness (QED) is 0.222. The van der Waals surface area contributed by atoms with Gasteiger partial charge in [0.05, 0.1) is 11.0 Å². The minimum absolute atomic E-state index is 0.186. The molecule has 3 heterocycles. The fraction of sp³-hybridized carbons (Fsp3) is 0. The number of para-hydroxylation sites is 1. The van der Waals surface area contributed by atoms with Crippen LogP contribution in [0.5, 0.6) is 0 Å². The summed E-state index contributed by atoms with van der Waals surface area (Å²) in [7, 11) is 48.5. The summed E-state index contributed by atoms with van der Waals surface area (Å²) in [6.45, 7) is 0. The fourth-order valence-electron chi connectivity index (χ4n) is 8.96. The molecule has 11 rings (SSSR count). The van der Waals surface area contributed by atoms with Crippen molar-refractivity contribution in [3.05, 3.63) is 140 Å². The topological polar surface area (TPSA) is 9.86 Å². The van der Waals surface area contributed by atoms with E-state index in [0.29, 0.717) is 43.8 Å². The molecule has 0 aliphatic rings. The molecule has 0 atom stereocenters. The van der Waals surface area contributed by atoms with E-state index in [-0.39, 0.29) is 21.9 Å². The van der Waals surface area contributed by atoms with Crippen LogP contribution in [0.25, 0.3) is 97.4 Å². The van der Waals surface area contributed by atoms with E-state index in [0.717, 1.165) is 60.0 Å². The maximum Gasteiger partial charge on any atom is 0.115 e. The summed E-state index contributed by atoms with van der Waals surface area (Å²) >= 11 is 1.71. The largest absolute Gasteiger partial charge is 0.310 e. The Labute approximate surface area is 348 Å². The molecule has 14 radical (unpaired) electrons. The van der Waals surface area contributed by atoms with Gasteiger partial charge in [0.15, 0.2) is 0 Å². The van der Waals surface area contributed by atoms with Crippen LogP contribution < -0.4 is 38.2 Å². The zero-order valence-electron chi connectivity index (χ0n) is 31.1. The molecule has 0 saturated heterocycles. The van der Waals surface area contributed by atoms with Crippen molar-refractivity contribution in [2.24, 2.45) is 0 Å². The smallest absolute Gasteiger partial charge is 0.115 e. The molecule has 252 valence electrons. The Morgan fingerprint density at radius 1 is 0.345 bits per heavy atom. The number of fused-ring (bicyclic) bond motifs is 9. The lowest BCUT2D eigenvalue weighted by molar-refractivity contribution is 1.18. The maximum absolute atomic E-state index is 7.34. The van der Waals surface area contributed by atoms with Crippen LogP contribution in [0.4, 0.5) is 0 Å². The number of rotatable bonds is 4. The summed E-state index contributed by atoms with van der Waals surface area (Å²) in [6, 6.07) is 48.3. The summed E-state index contributed by atoms with van der Waals surface area (Å²) in [4.78, 5) is 0. The lowest BCUT2D eigenvalue weighted by Gasteiger charge is -2.19.